The van der Waals surface area contributed by atoms with Gasteiger partial charge in [0.25, 0.3) is 0 Å². The minimum Gasteiger partial charge on any atom is -0.492 e. The highest BCUT2D eigenvalue weighted by Gasteiger charge is 2.22. The van der Waals surface area contributed by atoms with Crippen molar-refractivity contribution in [1.82, 2.24) is 14.9 Å². The first kappa shape index (κ1) is 19.9. The number of ether oxygens (including phenoxy) is 1. The van der Waals surface area contributed by atoms with E-state index < -0.39 is 0 Å². The fourth-order valence-electron chi connectivity index (χ4n) is 3.93. The number of halogens is 1. The van der Waals surface area contributed by atoms with Crippen molar-refractivity contribution < 1.29 is 9.13 Å². The Morgan fingerprint density at radius 2 is 1.71 bits per heavy atom. The second-order valence-electron chi connectivity index (χ2n) is 7.52. The molecule has 2 aromatic carbocycles. The molecule has 0 unspecified atom stereocenters. The molecule has 5 nitrogen and oxygen atoms in total. The van der Waals surface area contributed by atoms with Gasteiger partial charge in [0.1, 0.15) is 35.1 Å². The molecular formula is C24H23FN4OS. The number of anilines is 1. The summed E-state index contributed by atoms with van der Waals surface area (Å²) in [5.74, 6) is 1.65. The van der Waals surface area contributed by atoms with Gasteiger partial charge in [-0.1, -0.05) is 30.3 Å². The van der Waals surface area contributed by atoms with Crippen LogP contribution in [0, 0.1) is 5.82 Å². The predicted molar refractivity (Wildman–Crippen MR) is 123 cm³/mol. The van der Waals surface area contributed by atoms with Crippen molar-refractivity contribution in [3.8, 4) is 16.9 Å². The van der Waals surface area contributed by atoms with Gasteiger partial charge in [0, 0.05) is 43.7 Å². The van der Waals surface area contributed by atoms with Crippen molar-refractivity contribution in [3.63, 3.8) is 0 Å². The standard InChI is InChI=1S/C24H23FN4OS/c25-19-8-6-18(7-9-19)21-16-31-24-22(21)23(26-17-27-24)29-12-10-28(11-13-29)14-15-30-20-4-2-1-3-5-20/h1-9,16-17H,10-15H2. The van der Waals surface area contributed by atoms with Crippen molar-refractivity contribution in [3.05, 3.63) is 72.1 Å². The Bertz CT molecular complexity index is 1140. The number of piperazine rings is 1. The Morgan fingerprint density at radius 3 is 2.48 bits per heavy atom. The number of para-hydroxylation sites is 1. The number of hydrogen-bond donors (Lipinski definition) is 0. The third-order valence-electron chi connectivity index (χ3n) is 5.60. The maximum Gasteiger partial charge on any atom is 0.141 e. The lowest BCUT2D eigenvalue weighted by molar-refractivity contribution is 0.200. The monoisotopic (exact) mass is 434 g/mol. The van der Waals surface area contributed by atoms with Gasteiger partial charge < -0.3 is 9.64 Å². The molecule has 0 radical (unpaired) electrons. The molecule has 31 heavy (non-hydrogen) atoms. The van der Waals surface area contributed by atoms with Crippen LogP contribution in [0.1, 0.15) is 0 Å². The van der Waals surface area contributed by atoms with Gasteiger partial charge in [-0.05, 0) is 29.8 Å². The summed E-state index contributed by atoms with van der Waals surface area (Å²) in [4.78, 5) is 14.8. The number of aromatic nitrogens is 2. The van der Waals surface area contributed by atoms with E-state index in [4.69, 9.17) is 4.74 Å². The van der Waals surface area contributed by atoms with E-state index in [9.17, 15) is 4.39 Å². The highest BCUT2D eigenvalue weighted by Crippen LogP contribution is 2.38. The first-order valence-corrected chi connectivity index (χ1v) is 11.3. The molecule has 3 heterocycles. The van der Waals surface area contributed by atoms with Crippen LogP contribution in [0.4, 0.5) is 10.2 Å². The van der Waals surface area contributed by atoms with Gasteiger partial charge >= 0.3 is 0 Å². The van der Waals surface area contributed by atoms with Gasteiger partial charge in [0.2, 0.25) is 0 Å². The summed E-state index contributed by atoms with van der Waals surface area (Å²) in [6.07, 6.45) is 1.64. The Hall–Kier alpha value is -3.03. The first-order chi connectivity index (χ1) is 15.3. The molecule has 7 heteroatoms. The van der Waals surface area contributed by atoms with E-state index in [0.717, 1.165) is 65.6 Å². The zero-order chi connectivity index (χ0) is 21.0. The third kappa shape index (κ3) is 4.38. The van der Waals surface area contributed by atoms with Crippen LogP contribution in [0.25, 0.3) is 21.3 Å². The minimum absolute atomic E-state index is 0.230. The van der Waals surface area contributed by atoms with Crippen LogP contribution in [-0.2, 0) is 0 Å². The predicted octanol–water partition coefficient (Wildman–Crippen LogP) is 4.70. The average molecular weight is 435 g/mol. The minimum atomic E-state index is -0.230. The molecular weight excluding hydrogens is 411 g/mol. The van der Waals surface area contributed by atoms with Gasteiger partial charge in [0.05, 0.1) is 5.39 Å². The number of rotatable bonds is 6. The zero-order valence-electron chi connectivity index (χ0n) is 17.1. The molecule has 5 rings (SSSR count). The van der Waals surface area contributed by atoms with E-state index in [2.05, 4.69) is 25.1 Å². The highest BCUT2D eigenvalue weighted by atomic mass is 32.1. The molecule has 1 aliphatic heterocycles. The molecule has 158 valence electrons. The molecule has 1 aliphatic rings. The van der Waals surface area contributed by atoms with Crippen molar-refractivity contribution in [2.24, 2.45) is 0 Å². The van der Waals surface area contributed by atoms with Crippen molar-refractivity contribution >= 4 is 27.4 Å². The Labute approximate surface area is 184 Å². The average Bonchev–Trinajstić information content (AvgIpc) is 3.25. The maximum atomic E-state index is 13.4. The van der Waals surface area contributed by atoms with E-state index in [0.29, 0.717) is 6.61 Å². The summed E-state index contributed by atoms with van der Waals surface area (Å²) in [6, 6.07) is 16.6. The van der Waals surface area contributed by atoms with Crippen LogP contribution in [0.5, 0.6) is 5.75 Å². The SMILES string of the molecule is Fc1ccc(-c2csc3ncnc(N4CCN(CCOc5ccccc5)CC4)c23)cc1. The second kappa shape index (κ2) is 8.99. The van der Waals surface area contributed by atoms with Crippen LogP contribution in [0.2, 0.25) is 0 Å². The van der Waals surface area contributed by atoms with E-state index in [-0.39, 0.29) is 5.82 Å². The van der Waals surface area contributed by atoms with Crippen LogP contribution < -0.4 is 9.64 Å². The summed E-state index contributed by atoms with van der Waals surface area (Å²) < 4.78 is 19.2. The summed E-state index contributed by atoms with van der Waals surface area (Å²) in [5.41, 5.74) is 2.05. The molecule has 1 saturated heterocycles. The van der Waals surface area contributed by atoms with Crippen molar-refractivity contribution in [2.45, 2.75) is 0 Å². The van der Waals surface area contributed by atoms with E-state index in [1.54, 1.807) is 17.7 Å². The Morgan fingerprint density at radius 1 is 0.935 bits per heavy atom. The fourth-order valence-corrected chi connectivity index (χ4v) is 4.84. The number of fused-ring (bicyclic) bond motifs is 1. The number of thiophene rings is 1. The molecule has 4 aromatic rings. The van der Waals surface area contributed by atoms with Crippen LogP contribution in [0.15, 0.2) is 66.3 Å². The quantitative estimate of drug-likeness (QED) is 0.440. The summed E-state index contributed by atoms with van der Waals surface area (Å²) in [7, 11) is 0. The van der Waals surface area contributed by atoms with E-state index in [1.165, 1.54) is 12.1 Å². The smallest absolute Gasteiger partial charge is 0.141 e. The van der Waals surface area contributed by atoms with Gasteiger partial charge in [0.15, 0.2) is 0 Å². The lowest BCUT2D eigenvalue weighted by Gasteiger charge is -2.35. The highest BCUT2D eigenvalue weighted by molar-refractivity contribution is 7.17. The number of hydrogen-bond acceptors (Lipinski definition) is 6. The number of benzene rings is 2. The lowest BCUT2D eigenvalue weighted by atomic mass is 10.1. The van der Waals surface area contributed by atoms with Crippen LogP contribution in [-0.4, -0.2) is 54.2 Å². The first-order valence-electron chi connectivity index (χ1n) is 10.4. The van der Waals surface area contributed by atoms with Crippen molar-refractivity contribution in [2.75, 3.05) is 44.2 Å². The molecule has 0 spiro atoms. The van der Waals surface area contributed by atoms with Crippen molar-refractivity contribution in [1.29, 1.82) is 0 Å². The molecule has 2 aromatic heterocycles. The summed E-state index contributed by atoms with van der Waals surface area (Å²) in [6.45, 7) is 5.30. The zero-order valence-corrected chi connectivity index (χ0v) is 17.9. The van der Waals surface area contributed by atoms with Gasteiger partial charge in [-0.15, -0.1) is 11.3 Å². The number of nitrogens with zero attached hydrogens (tertiary/aromatic N) is 4. The van der Waals surface area contributed by atoms with E-state index in [1.807, 2.05) is 42.5 Å². The molecule has 0 amide bonds. The third-order valence-corrected chi connectivity index (χ3v) is 6.48. The largest absolute Gasteiger partial charge is 0.492 e. The van der Waals surface area contributed by atoms with Crippen LogP contribution in [0.3, 0.4) is 0 Å². The molecule has 0 aliphatic carbocycles. The fraction of sp³-hybridized carbons (Fsp3) is 0.250. The molecule has 1 fully saturated rings. The second-order valence-corrected chi connectivity index (χ2v) is 8.38. The topological polar surface area (TPSA) is 41.5 Å². The maximum absolute atomic E-state index is 13.4. The Kier molecular flexibility index (Phi) is 5.78. The molecule has 0 N–H and O–H groups in total. The Balaban J connectivity index is 1.27. The summed E-state index contributed by atoms with van der Waals surface area (Å²) >= 11 is 1.60. The van der Waals surface area contributed by atoms with Crippen LogP contribution >= 0.6 is 11.3 Å². The lowest BCUT2D eigenvalue weighted by Crippen LogP contribution is -2.47. The molecule has 0 saturated carbocycles. The van der Waals surface area contributed by atoms with Gasteiger partial charge in [-0.2, -0.15) is 0 Å². The normalized spacial score (nSPS) is 14.8. The van der Waals surface area contributed by atoms with E-state index >= 15 is 0 Å². The molecule has 0 atom stereocenters. The van der Waals surface area contributed by atoms with Gasteiger partial charge in [-0.25, -0.2) is 14.4 Å². The summed E-state index contributed by atoms with van der Waals surface area (Å²) in [5, 5.41) is 3.15. The molecule has 0 bridgehead atoms. The van der Waals surface area contributed by atoms with Gasteiger partial charge in [-0.3, -0.25) is 4.90 Å².